The molecular formula is C20H15ClF3N3O5. The van der Waals surface area contributed by atoms with Crippen LogP contribution < -0.4 is 14.8 Å². The molecule has 0 unspecified atom stereocenters. The smallest absolute Gasteiger partial charge is 0.485 e. The van der Waals surface area contributed by atoms with Crippen LogP contribution in [-0.4, -0.2) is 46.1 Å². The Morgan fingerprint density at radius 2 is 1.88 bits per heavy atom. The number of hydrogen-bond donors (Lipinski definition) is 3. The van der Waals surface area contributed by atoms with Gasteiger partial charge in [-0.05, 0) is 24.3 Å². The minimum Gasteiger partial charge on any atom is -0.485 e. The first-order valence-electron chi connectivity index (χ1n) is 8.93. The van der Waals surface area contributed by atoms with Crippen molar-refractivity contribution in [1.29, 1.82) is 0 Å². The Hall–Kier alpha value is -3.73. The Balaban J connectivity index is 0.000000360. The molecule has 1 aliphatic rings. The maximum atomic E-state index is 12.4. The molecule has 1 aromatic heterocycles. The number of alkyl halides is 3. The molecular weight excluding hydrogens is 455 g/mol. The molecule has 168 valence electrons. The lowest BCUT2D eigenvalue weighted by Gasteiger charge is -2.25. The Morgan fingerprint density at radius 3 is 2.47 bits per heavy atom. The Bertz CT molecular complexity index is 1110. The molecule has 32 heavy (non-hydrogen) atoms. The second-order valence-corrected chi connectivity index (χ2v) is 6.75. The molecule has 1 atom stereocenters. The fraction of sp³-hybridized carbons (Fsp3) is 0.150. The fourth-order valence-corrected chi connectivity index (χ4v) is 2.89. The number of ether oxygens (including phenoxy) is 2. The number of anilines is 1. The van der Waals surface area contributed by atoms with Gasteiger partial charge in [0.1, 0.15) is 6.61 Å². The highest BCUT2D eigenvalue weighted by atomic mass is 35.5. The molecule has 0 radical (unpaired) electrons. The molecule has 3 N–H and O–H groups in total. The number of carbonyl (C=O) groups excluding carboxylic acids is 1. The fourth-order valence-electron chi connectivity index (χ4n) is 2.60. The summed E-state index contributed by atoms with van der Waals surface area (Å²) in [6.45, 7) is 0.156. The van der Waals surface area contributed by atoms with Gasteiger partial charge in [0.25, 0.3) is 5.91 Å². The molecule has 0 spiro atoms. The van der Waals surface area contributed by atoms with Gasteiger partial charge in [0.2, 0.25) is 6.10 Å². The number of halogens is 4. The molecule has 8 nitrogen and oxygen atoms in total. The van der Waals surface area contributed by atoms with Gasteiger partial charge in [-0.25, -0.2) is 4.79 Å². The van der Waals surface area contributed by atoms with Crippen molar-refractivity contribution < 1.29 is 37.3 Å². The van der Waals surface area contributed by atoms with Crippen molar-refractivity contribution in [1.82, 2.24) is 10.2 Å². The first-order chi connectivity index (χ1) is 15.1. The van der Waals surface area contributed by atoms with Gasteiger partial charge in [-0.15, -0.1) is 0 Å². The maximum absolute atomic E-state index is 12.4. The molecule has 0 saturated carbocycles. The Labute approximate surface area is 183 Å². The van der Waals surface area contributed by atoms with Crippen LogP contribution in [0.15, 0.2) is 54.9 Å². The number of hydrogen-bond acceptors (Lipinski definition) is 5. The molecule has 0 saturated heterocycles. The van der Waals surface area contributed by atoms with Crippen LogP contribution in [0.25, 0.3) is 11.1 Å². The third-order valence-corrected chi connectivity index (χ3v) is 4.40. The van der Waals surface area contributed by atoms with Gasteiger partial charge in [-0.2, -0.15) is 18.3 Å². The van der Waals surface area contributed by atoms with E-state index in [4.69, 9.17) is 31.0 Å². The number of carboxylic acids is 1. The zero-order valence-electron chi connectivity index (χ0n) is 16.0. The normalized spacial score (nSPS) is 14.7. The largest absolute Gasteiger partial charge is 0.490 e. The molecule has 2 aromatic carbocycles. The van der Waals surface area contributed by atoms with Gasteiger partial charge in [-0.1, -0.05) is 29.8 Å². The van der Waals surface area contributed by atoms with Gasteiger partial charge in [0, 0.05) is 23.0 Å². The van der Waals surface area contributed by atoms with Crippen molar-refractivity contribution in [2.45, 2.75) is 12.3 Å². The number of H-pyrrole nitrogens is 1. The highest BCUT2D eigenvalue weighted by Crippen LogP contribution is 2.32. The summed E-state index contributed by atoms with van der Waals surface area (Å²) in [6.07, 6.45) is -2.36. The molecule has 12 heteroatoms. The third-order valence-electron chi connectivity index (χ3n) is 4.09. The first-order valence-corrected chi connectivity index (χ1v) is 9.31. The summed E-state index contributed by atoms with van der Waals surface area (Å²) in [5, 5.41) is 17.1. The second kappa shape index (κ2) is 9.60. The average molecular weight is 470 g/mol. The van der Waals surface area contributed by atoms with Crippen LogP contribution >= 0.6 is 11.6 Å². The number of fused-ring (bicyclic) bond motifs is 1. The third kappa shape index (κ3) is 5.70. The van der Waals surface area contributed by atoms with Gasteiger partial charge in [0.05, 0.1) is 11.2 Å². The predicted octanol–water partition coefficient (Wildman–Crippen LogP) is 4.14. The maximum Gasteiger partial charge on any atom is 0.490 e. The molecule has 0 bridgehead atoms. The number of nitrogens with zero attached hydrogens (tertiary/aromatic N) is 1. The first kappa shape index (κ1) is 22.9. The predicted molar refractivity (Wildman–Crippen MR) is 108 cm³/mol. The summed E-state index contributed by atoms with van der Waals surface area (Å²) < 4.78 is 43.0. The van der Waals surface area contributed by atoms with E-state index >= 15 is 0 Å². The lowest BCUT2D eigenvalue weighted by atomic mass is 10.1. The van der Waals surface area contributed by atoms with Crippen molar-refractivity contribution in [3.8, 4) is 22.6 Å². The zero-order chi connectivity index (χ0) is 23.3. The summed E-state index contributed by atoms with van der Waals surface area (Å²) in [6, 6.07) is 12.6. The number of nitrogens with one attached hydrogen (secondary N) is 2. The molecule has 0 aliphatic carbocycles. The summed E-state index contributed by atoms with van der Waals surface area (Å²) in [5.41, 5.74) is 2.30. The number of aromatic nitrogens is 2. The van der Waals surface area contributed by atoms with E-state index in [0.29, 0.717) is 22.2 Å². The van der Waals surface area contributed by atoms with E-state index < -0.39 is 18.2 Å². The minimum absolute atomic E-state index is 0.156. The monoisotopic (exact) mass is 469 g/mol. The number of carboxylic acid groups (broad SMARTS) is 1. The Kier molecular flexibility index (Phi) is 6.89. The minimum atomic E-state index is -5.08. The average Bonchev–Trinajstić information content (AvgIpc) is 3.28. The highest BCUT2D eigenvalue weighted by molar-refractivity contribution is 6.33. The standard InChI is InChI=1S/C18H14ClN3O3.C2HF3O2/c19-14-7-12(5-6-13(14)11-8-20-21-9-11)22-18(23)17-10-24-15-3-1-2-4-16(15)25-17;3-2(4,5)1(6)7/h1-9,17H,10H2,(H,20,21)(H,22,23);(H,6,7)/t17-;/m1./s1. The zero-order valence-corrected chi connectivity index (χ0v) is 16.8. The molecule has 2 heterocycles. The van der Waals surface area contributed by atoms with E-state index in [1.165, 1.54) is 0 Å². The number of aliphatic carboxylic acids is 1. The van der Waals surface area contributed by atoms with Gasteiger partial charge in [-0.3, -0.25) is 9.89 Å². The summed E-state index contributed by atoms with van der Waals surface area (Å²) in [5.74, 6) is -1.85. The van der Waals surface area contributed by atoms with Crippen molar-refractivity contribution >= 4 is 29.2 Å². The SMILES string of the molecule is O=C(Nc1ccc(-c2cn[nH]c2)c(Cl)c1)[C@H]1COc2ccccc2O1.O=C(O)C(F)(F)F. The number of benzene rings is 2. The molecule has 1 amide bonds. The lowest BCUT2D eigenvalue weighted by Crippen LogP contribution is -2.40. The van der Waals surface area contributed by atoms with E-state index in [2.05, 4.69) is 15.5 Å². The van der Waals surface area contributed by atoms with Gasteiger partial charge >= 0.3 is 12.1 Å². The quantitative estimate of drug-likeness (QED) is 0.531. The topological polar surface area (TPSA) is 114 Å². The number of carbonyl (C=O) groups is 2. The number of aromatic amines is 1. The van der Waals surface area contributed by atoms with Crippen molar-refractivity contribution in [2.75, 3.05) is 11.9 Å². The molecule has 4 rings (SSSR count). The van der Waals surface area contributed by atoms with E-state index in [1.54, 1.807) is 36.7 Å². The number of para-hydroxylation sites is 2. The summed E-state index contributed by atoms with van der Waals surface area (Å²) in [7, 11) is 0. The lowest BCUT2D eigenvalue weighted by molar-refractivity contribution is -0.192. The molecule has 0 fully saturated rings. The van der Waals surface area contributed by atoms with Crippen LogP contribution in [0.2, 0.25) is 5.02 Å². The van der Waals surface area contributed by atoms with E-state index in [-0.39, 0.29) is 12.5 Å². The number of amides is 1. The van der Waals surface area contributed by atoms with Crippen molar-refractivity contribution in [3.63, 3.8) is 0 Å². The van der Waals surface area contributed by atoms with Crippen LogP contribution in [0.1, 0.15) is 0 Å². The second-order valence-electron chi connectivity index (χ2n) is 6.34. The van der Waals surface area contributed by atoms with Crippen LogP contribution in [0.3, 0.4) is 0 Å². The van der Waals surface area contributed by atoms with E-state index in [0.717, 1.165) is 11.1 Å². The molecule has 3 aromatic rings. The van der Waals surface area contributed by atoms with Crippen LogP contribution in [0, 0.1) is 0 Å². The van der Waals surface area contributed by atoms with Gasteiger partial charge in [0.15, 0.2) is 11.5 Å². The van der Waals surface area contributed by atoms with E-state index in [9.17, 15) is 18.0 Å². The summed E-state index contributed by atoms with van der Waals surface area (Å²) in [4.78, 5) is 21.3. The van der Waals surface area contributed by atoms with E-state index in [1.807, 2.05) is 18.2 Å². The summed E-state index contributed by atoms with van der Waals surface area (Å²) >= 11 is 6.31. The van der Waals surface area contributed by atoms with Crippen LogP contribution in [0.4, 0.5) is 18.9 Å². The highest BCUT2D eigenvalue weighted by Gasteiger charge is 2.38. The number of rotatable bonds is 3. The molecule has 1 aliphatic heterocycles. The van der Waals surface area contributed by atoms with Crippen LogP contribution in [-0.2, 0) is 9.59 Å². The van der Waals surface area contributed by atoms with Crippen molar-refractivity contribution in [3.05, 3.63) is 59.9 Å². The van der Waals surface area contributed by atoms with Gasteiger partial charge < -0.3 is 19.9 Å². The Morgan fingerprint density at radius 1 is 1.19 bits per heavy atom. The van der Waals surface area contributed by atoms with Crippen LogP contribution in [0.5, 0.6) is 11.5 Å². The van der Waals surface area contributed by atoms with Crippen molar-refractivity contribution in [2.24, 2.45) is 0 Å².